The summed E-state index contributed by atoms with van der Waals surface area (Å²) in [6.07, 6.45) is 0. The molecule has 0 aliphatic rings. The average molecular weight is 237 g/mol. The third-order valence-corrected chi connectivity index (χ3v) is 2.01. The highest BCUT2D eigenvalue weighted by Gasteiger charge is 2.07. The largest absolute Gasteiger partial charge is 0.383 e. The third-order valence-electron chi connectivity index (χ3n) is 2.01. The van der Waals surface area contributed by atoms with Gasteiger partial charge in [-0.1, -0.05) is 6.07 Å². The lowest BCUT2D eigenvalue weighted by Gasteiger charge is -2.10. The van der Waals surface area contributed by atoms with E-state index in [1.54, 1.807) is 13.2 Å². The second kappa shape index (κ2) is 6.85. The van der Waals surface area contributed by atoms with Gasteiger partial charge in [0.2, 0.25) is 0 Å². The van der Waals surface area contributed by atoms with Crippen molar-refractivity contribution in [1.29, 1.82) is 0 Å². The minimum absolute atomic E-state index is 0.186. The number of rotatable bonds is 6. The smallest absolute Gasteiger partial charge is 0.270 e. The maximum absolute atomic E-state index is 11.7. The highest BCUT2D eigenvalue weighted by atomic mass is 16.5. The van der Waals surface area contributed by atoms with Crippen LogP contribution in [0.2, 0.25) is 0 Å². The highest BCUT2D eigenvalue weighted by Crippen LogP contribution is 2.06. The van der Waals surface area contributed by atoms with Gasteiger partial charge in [0.25, 0.3) is 5.91 Å². The van der Waals surface area contributed by atoms with Crippen molar-refractivity contribution >= 4 is 11.7 Å². The first-order chi connectivity index (χ1) is 8.13. The number of methoxy groups -OCH3 is 1. The molecule has 0 aliphatic heterocycles. The quantitative estimate of drug-likeness (QED) is 0.732. The molecule has 1 amide bonds. The van der Waals surface area contributed by atoms with Crippen LogP contribution in [0.4, 0.5) is 5.82 Å². The number of ether oxygens (including phenoxy) is 1. The maximum atomic E-state index is 11.7. The fourth-order valence-corrected chi connectivity index (χ4v) is 1.29. The van der Waals surface area contributed by atoms with E-state index in [-0.39, 0.29) is 11.9 Å². The summed E-state index contributed by atoms with van der Waals surface area (Å²) in [5.41, 5.74) is 0.409. The molecule has 1 aromatic heterocycles. The van der Waals surface area contributed by atoms with Crippen LogP contribution < -0.4 is 10.6 Å². The van der Waals surface area contributed by atoms with Gasteiger partial charge in [-0.15, -0.1) is 0 Å². The van der Waals surface area contributed by atoms with Gasteiger partial charge in [-0.2, -0.15) is 0 Å². The summed E-state index contributed by atoms with van der Waals surface area (Å²) in [4.78, 5) is 15.9. The zero-order chi connectivity index (χ0) is 12.7. The lowest BCUT2D eigenvalue weighted by molar-refractivity contribution is 0.0932. The number of hydrogen-bond donors (Lipinski definition) is 2. The van der Waals surface area contributed by atoms with Crippen molar-refractivity contribution in [1.82, 2.24) is 10.3 Å². The van der Waals surface area contributed by atoms with E-state index < -0.39 is 0 Å². The molecule has 0 aromatic carbocycles. The van der Waals surface area contributed by atoms with Crippen molar-refractivity contribution in [2.75, 3.05) is 25.6 Å². The summed E-state index contributed by atoms with van der Waals surface area (Å²) in [6, 6.07) is 5.62. The van der Waals surface area contributed by atoms with E-state index in [9.17, 15) is 4.79 Å². The summed E-state index contributed by atoms with van der Waals surface area (Å²) in [5, 5.41) is 5.88. The Morgan fingerprint density at radius 1 is 1.47 bits per heavy atom. The standard InChI is InChI=1S/C12H19N3O2/c1-9(2)14-11-6-4-5-10(15-11)12(16)13-7-8-17-3/h4-6,9H,7-8H2,1-3H3,(H,13,16)(H,14,15). The Morgan fingerprint density at radius 2 is 2.24 bits per heavy atom. The average Bonchev–Trinajstić information content (AvgIpc) is 2.28. The van der Waals surface area contributed by atoms with E-state index in [0.717, 1.165) is 0 Å². The van der Waals surface area contributed by atoms with Gasteiger partial charge in [-0.05, 0) is 26.0 Å². The molecule has 0 saturated carbocycles. The van der Waals surface area contributed by atoms with Crippen LogP contribution in [0.5, 0.6) is 0 Å². The van der Waals surface area contributed by atoms with E-state index in [2.05, 4.69) is 15.6 Å². The number of anilines is 1. The molecular formula is C12H19N3O2. The van der Waals surface area contributed by atoms with Crippen LogP contribution in [-0.2, 0) is 4.74 Å². The first-order valence-electron chi connectivity index (χ1n) is 5.64. The fraction of sp³-hybridized carbons (Fsp3) is 0.500. The van der Waals surface area contributed by atoms with Crippen LogP contribution in [0.3, 0.4) is 0 Å². The van der Waals surface area contributed by atoms with Crippen LogP contribution in [-0.4, -0.2) is 37.2 Å². The van der Waals surface area contributed by atoms with Crippen LogP contribution >= 0.6 is 0 Å². The van der Waals surface area contributed by atoms with Gasteiger partial charge < -0.3 is 15.4 Å². The molecule has 0 unspecified atom stereocenters. The molecule has 94 valence electrons. The Morgan fingerprint density at radius 3 is 2.88 bits per heavy atom. The molecule has 0 spiro atoms. The second-order valence-electron chi connectivity index (χ2n) is 3.96. The SMILES string of the molecule is COCCNC(=O)c1cccc(NC(C)C)n1. The molecule has 0 radical (unpaired) electrons. The molecule has 1 rings (SSSR count). The molecule has 1 heterocycles. The Labute approximate surface area is 102 Å². The first-order valence-corrected chi connectivity index (χ1v) is 5.64. The summed E-state index contributed by atoms with van der Waals surface area (Å²) in [5.74, 6) is 0.522. The van der Waals surface area contributed by atoms with Gasteiger partial charge in [0, 0.05) is 19.7 Å². The van der Waals surface area contributed by atoms with Crippen LogP contribution in [0.1, 0.15) is 24.3 Å². The Kier molecular flexibility index (Phi) is 5.42. The highest BCUT2D eigenvalue weighted by molar-refractivity contribution is 5.92. The number of carbonyl (C=O) groups is 1. The number of carbonyl (C=O) groups excluding carboxylic acids is 1. The molecule has 1 aromatic rings. The zero-order valence-electron chi connectivity index (χ0n) is 10.5. The minimum atomic E-state index is -0.186. The predicted octanol–water partition coefficient (Wildman–Crippen LogP) is 1.28. The second-order valence-corrected chi connectivity index (χ2v) is 3.96. The van der Waals surface area contributed by atoms with Crippen LogP contribution in [0, 0.1) is 0 Å². The van der Waals surface area contributed by atoms with Crippen molar-refractivity contribution in [2.45, 2.75) is 19.9 Å². The van der Waals surface area contributed by atoms with E-state index >= 15 is 0 Å². The normalized spacial score (nSPS) is 10.4. The molecule has 0 aliphatic carbocycles. The fourth-order valence-electron chi connectivity index (χ4n) is 1.29. The molecule has 0 saturated heterocycles. The van der Waals surface area contributed by atoms with Crippen molar-refractivity contribution < 1.29 is 9.53 Å². The van der Waals surface area contributed by atoms with Gasteiger partial charge in [-0.3, -0.25) is 4.79 Å². The monoisotopic (exact) mass is 237 g/mol. The predicted molar refractivity (Wildman–Crippen MR) is 67.2 cm³/mol. The van der Waals surface area contributed by atoms with Crippen LogP contribution in [0.25, 0.3) is 0 Å². The minimum Gasteiger partial charge on any atom is -0.383 e. The summed E-state index contributed by atoms with van der Waals surface area (Å²) < 4.78 is 4.86. The van der Waals surface area contributed by atoms with E-state index in [4.69, 9.17) is 4.74 Å². The van der Waals surface area contributed by atoms with Crippen LogP contribution in [0.15, 0.2) is 18.2 Å². The van der Waals surface area contributed by atoms with Gasteiger partial charge in [0.05, 0.1) is 6.61 Å². The van der Waals surface area contributed by atoms with Crippen molar-refractivity contribution in [3.63, 3.8) is 0 Å². The lowest BCUT2D eigenvalue weighted by atomic mass is 10.3. The first kappa shape index (κ1) is 13.4. The molecule has 5 nitrogen and oxygen atoms in total. The van der Waals surface area contributed by atoms with E-state index in [0.29, 0.717) is 24.7 Å². The number of aromatic nitrogens is 1. The van der Waals surface area contributed by atoms with Crippen molar-refractivity contribution in [3.05, 3.63) is 23.9 Å². The summed E-state index contributed by atoms with van der Waals surface area (Å²) >= 11 is 0. The molecule has 2 N–H and O–H groups in total. The molecule has 0 atom stereocenters. The molecule has 0 fully saturated rings. The Hall–Kier alpha value is -1.62. The summed E-state index contributed by atoms with van der Waals surface area (Å²) in [7, 11) is 1.59. The number of nitrogens with zero attached hydrogens (tertiary/aromatic N) is 1. The Balaban J connectivity index is 2.60. The number of nitrogens with one attached hydrogen (secondary N) is 2. The number of hydrogen-bond acceptors (Lipinski definition) is 4. The number of amides is 1. The number of pyridine rings is 1. The van der Waals surface area contributed by atoms with Gasteiger partial charge in [-0.25, -0.2) is 4.98 Å². The zero-order valence-corrected chi connectivity index (χ0v) is 10.5. The van der Waals surface area contributed by atoms with Crippen molar-refractivity contribution in [2.24, 2.45) is 0 Å². The lowest BCUT2D eigenvalue weighted by Crippen LogP contribution is -2.28. The van der Waals surface area contributed by atoms with Crippen molar-refractivity contribution in [3.8, 4) is 0 Å². The molecule has 17 heavy (non-hydrogen) atoms. The van der Waals surface area contributed by atoms with Gasteiger partial charge in [0.15, 0.2) is 0 Å². The molecule has 5 heteroatoms. The van der Waals surface area contributed by atoms with E-state index in [1.807, 2.05) is 26.0 Å². The van der Waals surface area contributed by atoms with Gasteiger partial charge in [0.1, 0.15) is 11.5 Å². The van der Waals surface area contributed by atoms with E-state index in [1.165, 1.54) is 0 Å². The molecule has 0 bridgehead atoms. The topological polar surface area (TPSA) is 63.2 Å². The summed E-state index contributed by atoms with van der Waals surface area (Å²) in [6.45, 7) is 5.02. The third kappa shape index (κ3) is 4.82. The molecular weight excluding hydrogens is 218 g/mol. The van der Waals surface area contributed by atoms with Gasteiger partial charge >= 0.3 is 0 Å². The maximum Gasteiger partial charge on any atom is 0.270 e. The Bertz CT molecular complexity index is 367.